The Morgan fingerprint density at radius 2 is 0.725 bits per heavy atom. The molecule has 1 rings (SSSR count). The largest absolute Gasteiger partial charge is 0.464 e. The van der Waals surface area contributed by atoms with Gasteiger partial charge < -0.3 is 9.64 Å². The van der Waals surface area contributed by atoms with E-state index in [9.17, 15) is 9.59 Å². The summed E-state index contributed by atoms with van der Waals surface area (Å²) in [6.45, 7) is 8.50. The number of nitrogens with zero attached hydrogens (tertiary/aromatic N) is 2. The summed E-state index contributed by atoms with van der Waals surface area (Å²) in [5, 5.41) is 0. The Labute approximate surface area is 319 Å². The molecule has 0 bridgehead atoms. The number of carbonyl (C=O) groups is 2. The van der Waals surface area contributed by atoms with Gasteiger partial charge >= 0.3 is 5.97 Å². The minimum Gasteiger partial charge on any atom is -0.464 e. The van der Waals surface area contributed by atoms with Crippen molar-refractivity contribution in [3.8, 4) is 0 Å². The van der Waals surface area contributed by atoms with E-state index >= 15 is 0 Å². The van der Waals surface area contributed by atoms with Crippen molar-refractivity contribution in [3.63, 3.8) is 0 Å². The molecule has 1 saturated heterocycles. The first-order chi connectivity index (χ1) is 25.1. The molecule has 0 aromatic carbocycles. The van der Waals surface area contributed by atoms with Crippen molar-refractivity contribution in [2.24, 2.45) is 0 Å². The number of ketones is 1. The monoisotopic (exact) mass is 719 g/mol. The number of likely N-dealkylation sites (N-methyl/N-ethyl adjacent to an activating group) is 1. The zero-order valence-corrected chi connectivity index (χ0v) is 35.0. The first kappa shape index (κ1) is 48.1. The van der Waals surface area contributed by atoms with Gasteiger partial charge in [-0.25, -0.2) is 0 Å². The third-order valence-electron chi connectivity index (χ3n) is 11.5. The Kier molecular flexibility index (Phi) is 35.2. The highest BCUT2D eigenvalue weighted by Crippen LogP contribution is 2.17. The predicted octanol–water partition coefficient (Wildman–Crippen LogP) is 13.4. The number of carbonyl (C=O) groups excluding carboxylic acids is 2. The summed E-state index contributed by atoms with van der Waals surface area (Å²) in [6.07, 6.45) is 45.3. The predicted molar refractivity (Wildman–Crippen MR) is 222 cm³/mol. The molecule has 0 spiro atoms. The van der Waals surface area contributed by atoms with E-state index in [1.807, 2.05) is 0 Å². The summed E-state index contributed by atoms with van der Waals surface area (Å²) in [7, 11) is 2.14. The highest BCUT2D eigenvalue weighted by atomic mass is 16.5. The van der Waals surface area contributed by atoms with Crippen molar-refractivity contribution < 1.29 is 14.3 Å². The van der Waals surface area contributed by atoms with Gasteiger partial charge in [0.15, 0.2) is 5.78 Å². The maximum absolute atomic E-state index is 13.4. The van der Waals surface area contributed by atoms with Gasteiger partial charge in [0.1, 0.15) is 12.6 Å². The van der Waals surface area contributed by atoms with Crippen molar-refractivity contribution >= 4 is 11.8 Å². The summed E-state index contributed by atoms with van der Waals surface area (Å²) >= 11 is 0. The average Bonchev–Trinajstić information content (AvgIpc) is 3.13. The normalized spacial score (nSPS) is 14.6. The fraction of sp³-hybridized carbons (Fsp3) is 0.957. The van der Waals surface area contributed by atoms with Crippen LogP contribution in [0.5, 0.6) is 0 Å². The second-order valence-corrected chi connectivity index (χ2v) is 16.5. The molecule has 0 amide bonds. The number of esters is 1. The Hall–Kier alpha value is -0.940. The van der Waals surface area contributed by atoms with Crippen LogP contribution >= 0.6 is 0 Å². The molecule has 302 valence electrons. The highest BCUT2D eigenvalue weighted by Gasteiger charge is 2.29. The zero-order valence-electron chi connectivity index (χ0n) is 35.0. The van der Waals surface area contributed by atoms with Crippen molar-refractivity contribution in [1.29, 1.82) is 0 Å². The van der Waals surface area contributed by atoms with E-state index in [2.05, 4.69) is 30.7 Å². The fourth-order valence-electron chi connectivity index (χ4n) is 7.79. The van der Waals surface area contributed by atoms with Crippen LogP contribution in [-0.4, -0.2) is 67.4 Å². The van der Waals surface area contributed by atoms with Crippen LogP contribution in [0.3, 0.4) is 0 Å². The van der Waals surface area contributed by atoms with E-state index in [1.54, 1.807) is 0 Å². The summed E-state index contributed by atoms with van der Waals surface area (Å²) in [5.41, 5.74) is 0. The van der Waals surface area contributed by atoms with Gasteiger partial charge in [-0.15, -0.1) is 0 Å². The number of hydrogen-bond donors (Lipinski definition) is 0. The van der Waals surface area contributed by atoms with Crippen molar-refractivity contribution in [3.05, 3.63) is 0 Å². The second kappa shape index (κ2) is 37.4. The summed E-state index contributed by atoms with van der Waals surface area (Å²) < 4.78 is 5.75. The first-order valence-electron chi connectivity index (χ1n) is 23.2. The maximum Gasteiger partial charge on any atom is 0.305 e. The van der Waals surface area contributed by atoms with Gasteiger partial charge in [-0.2, -0.15) is 0 Å². The van der Waals surface area contributed by atoms with Gasteiger partial charge in [-0.3, -0.25) is 14.5 Å². The number of unbranched alkanes of at least 4 members (excludes halogenated alkanes) is 31. The van der Waals surface area contributed by atoms with Crippen molar-refractivity contribution in [2.45, 2.75) is 245 Å². The smallest absolute Gasteiger partial charge is 0.305 e. The van der Waals surface area contributed by atoms with Crippen LogP contribution in [0.4, 0.5) is 0 Å². The van der Waals surface area contributed by atoms with Gasteiger partial charge in [0.05, 0.1) is 0 Å². The number of piperazine rings is 1. The minimum atomic E-state index is -0.269. The molecule has 0 N–H and O–H groups in total. The molecule has 0 saturated carbocycles. The van der Waals surface area contributed by atoms with E-state index in [0.29, 0.717) is 12.8 Å². The lowest BCUT2D eigenvalue weighted by molar-refractivity contribution is -0.147. The molecule has 0 aromatic rings. The van der Waals surface area contributed by atoms with Gasteiger partial charge in [0.25, 0.3) is 0 Å². The van der Waals surface area contributed by atoms with Crippen molar-refractivity contribution in [1.82, 2.24) is 9.80 Å². The van der Waals surface area contributed by atoms with Crippen molar-refractivity contribution in [2.75, 3.05) is 39.8 Å². The summed E-state index contributed by atoms with van der Waals surface area (Å²) in [5.74, 6) is 0.154. The van der Waals surface area contributed by atoms with Gasteiger partial charge in [-0.1, -0.05) is 213 Å². The van der Waals surface area contributed by atoms with Gasteiger partial charge in [0, 0.05) is 39.0 Å². The Balaban J connectivity index is 2.07. The molecule has 0 aromatic heterocycles. The molecule has 1 heterocycles. The second-order valence-electron chi connectivity index (χ2n) is 16.5. The van der Waals surface area contributed by atoms with E-state index in [1.165, 1.54) is 186 Å². The standard InChI is InChI=1S/C46H90N2O3/c1-4-6-8-10-12-14-16-18-20-22-23-25-27-29-31-33-35-37-45(49)44(48-41-39-47(3)40-42-48)43-51-46(50)38-36-34-32-30-28-26-24-21-19-17-15-13-11-9-7-5-2/h44H,4-43H2,1-3H3. The maximum atomic E-state index is 13.4. The third kappa shape index (κ3) is 31.1. The van der Waals surface area contributed by atoms with Crippen LogP contribution in [0.1, 0.15) is 239 Å². The van der Waals surface area contributed by atoms with E-state index in [0.717, 1.165) is 51.9 Å². The molecule has 1 aliphatic heterocycles. The van der Waals surface area contributed by atoms with Crippen LogP contribution in [0.2, 0.25) is 0 Å². The summed E-state index contributed by atoms with van der Waals surface area (Å²) in [4.78, 5) is 30.6. The molecule has 51 heavy (non-hydrogen) atoms. The molecule has 1 fully saturated rings. The number of hydrogen-bond acceptors (Lipinski definition) is 5. The topological polar surface area (TPSA) is 49.9 Å². The van der Waals surface area contributed by atoms with Gasteiger partial charge in [0.2, 0.25) is 0 Å². The fourth-order valence-corrected chi connectivity index (χ4v) is 7.79. The molecule has 0 aliphatic carbocycles. The van der Waals surface area contributed by atoms with Crippen LogP contribution < -0.4 is 0 Å². The Morgan fingerprint density at radius 3 is 1.06 bits per heavy atom. The molecule has 1 atom stereocenters. The van der Waals surface area contributed by atoms with E-state index in [-0.39, 0.29) is 24.4 Å². The Bertz CT molecular complexity index is 751. The van der Waals surface area contributed by atoms with Crippen LogP contribution in [0, 0.1) is 0 Å². The molecular formula is C46H90N2O3. The zero-order chi connectivity index (χ0) is 36.9. The van der Waals surface area contributed by atoms with Crippen LogP contribution in [0.25, 0.3) is 0 Å². The van der Waals surface area contributed by atoms with E-state index in [4.69, 9.17) is 4.74 Å². The lowest BCUT2D eigenvalue weighted by Crippen LogP contribution is -2.53. The number of Topliss-reactive ketones (excluding diaryl/α,β-unsaturated/α-hetero) is 1. The Morgan fingerprint density at radius 1 is 0.431 bits per heavy atom. The summed E-state index contributed by atoms with van der Waals surface area (Å²) in [6, 6.07) is -0.269. The minimum absolute atomic E-state index is 0.120. The molecular weight excluding hydrogens is 629 g/mol. The molecule has 1 unspecified atom stereocenters. The number of rotatable bonds is 39. The number of ether oxygens (including phenoxy) is 1. The molecule has 1 aliphatic rings. The molecule has 5 heteroatoms. The quantitative estimate of drug-likeness (QED) is 0.0468. The molecule has 0 radical (unpaired) electrons. The van der Waals surface area contributed by atoms with Gasteiger partial charge in [-0.05, 0) is 19.9 Å². The highest BCUT2D eigenvalue weighted by molar-refractivity contribution is 5.84. The first-order valence-corrected chi connectivity index (χ1v) is 23.2. The van der Waals surface area contributed by atoms with Crippen LogP contribution in [0.15, 0.2) is 0 Å². The third-order valence-corrected chi connectivity index (χ3v) is 11.5. The average molecular weight is 719 g/mol. The lowest BCUT2D eigenvalue weighted by atomic mass is 10.0. The van der Waals surface area contributed by atoms with Crippen LogP contribution in [-0.2, 0) is 14.3 Å². The lowest BCUT2D eigenvalue weighted by Gasteiger charge is -2.37. The molecule has 5 nitrogen and oxygen atoms in total. The SMILES string of the molecule is CCCCCCCCCCCCCCCCCCCC(=O)C(COC(=O)CCCCCCCCCCCCCCCCCC)N1CCN(C)CC1. The van der Waals surface area contributed by atoms with E-state index < -0.39 is 0 Å².